The Hall–Kier alpha value is -7.68. The fourth-order valence-corrected chi connectivity index (χ4v) is 13.4. The fraction of sp³-hybridized carbons (Fsp3) is 0.493. The number of hydrogen-bond acceptors (Lipinski definition) is 16. The number of benzene rings is 3. The third-order valence-corrected chi connectivity index (χ3v) is 19.0. The molecule has 0 bridgehead atoms. The molecule has 3 aliphatic carbocycles. The first kappa shape index (κ1) is 71.2. The van der Waals surface area contributed by atoms with Gasteiger partial charge in [-0.25, -0.2) is 47.1 Å². The lowest BCUT2D eigenvalue weighted by Crippen LogP contribution is -2.21. The van der Waals surface area contributed by atoms with Crippen molar-refractivity contribution in [3.05, 3.63) is 139 Å². The molecule has 3 aromatic carbocycles. The van der Waals surface area contributed by atoms with Crippen LogP contribution in [0.1, 0.15) is 110 Å². The maximum absolute atomic E-state index is 13.6. The summed E-state index contributed by atoms with van der Waals surface area (Å²) in [5.41, 5.74) is 13.9. The number of methoxy groups -OCH3 is 2. The highest BCUT2D eigenvalue weighted by Crippen LogP contribution is 2.39. The Labute approximate surface area is 586 Å². The van der Waals surface area contributed by atoms with E-state index < -0.39 is 63.1 Å². The van der Waals surface area contributed by atoms with E-state index in [-0.39, 0.29) is 23.2 Å². The van der Waals surface area contributed by atoms with Crippen molar-refractivity contribution >= 4 is 39.5 Å². The van der Waals surface area contributed by atoms with Crippen LogP contribution in [-0.2, 0) is 80.3 Å². The predicted molar refractivity (Wildman–Crippen MR) is 366 cm³/mol. The largest absolute Gasteiger partial charge is 0.490 e. The number of pyridine rings is 1. The summed E-state index contributed by atoms with van der Waals surface area (Å²) in [4.78, 5) is 46.5. The number of nitrogens with zero attached hydrogens (tertiary/aromatic N) is 9. The molecule has 5 aromatic heterocycles. The number of halogens is 6. The van der Waals surface area contributed by atoms with Gasteiger partial charge in [0.2, 0.25) is 5.28 Å². The Kier molecular flexibility index (Phi) is 22.9. The summed E-state index contributed by atoms with van der Waals surface area (Å²) >= 11 is 9.47. The molecule has 3 saturated carbocycles. The van der Waals surface area contributed by atoms with Gasteiger partial charge in [-0.3, -0.25) is 4.98 Å². The molecular weight excluding hydrogens is 1370 g/mol. The highest BCUT2D eigenvalue weighted by atomic mass is 79.9. The molecule has 4 atom stereocenters. The molecule has 0 spiro atoms. The fourth-order valence-electron chi connectivity index (χ4n) is 12.6. The maximum Gasteiger partial charge on any atom is 0.358 e. The molecular formula is C73H83BrClF4N9O11. The van der Waals surface area contributed by atoms with Gasteiger partial charge in [-0.15, -0.1) is 0 Å². The van der Waals surface area contributed by atoms with E-state index >= 15 is 0 Å². The predicted octanol–water partition coefficient (Wildman–Crippen LogP) is 13.4. The van der Waals surface area contributed by atoms with Crippen LogP contribution in [0.25, 0.3) is 45.4 Å². The van der Waals surface area contributed by atoms with Gasteiger partial charge in [-0.2, -0.15) is 0 Å². The van der Waals surface area contributed by atoms with Gasteiger partial charge in [-0.05, 0) is 184 Å². The monoisotopic (exact) mass is 1450 g/mol. The molecule has 99 heavy (non-hydrogen) atoms. The van der Waals surface area contributed by atoms with Crippen molar-refractivity contribution in [1.29, 1.82) is 0 Å². The van der Waals surface area contributed by atoms with Crippen LogP contribution in [0.3, 0.4) is 0 Å². The van der Waals surface area contributed by atoms with Crippen molar-refractivity contribution in [2.24, 2.45) is 0 Å². The summed E-state index contributed by atoms with van der Waals surface area (Å²) < 4.78 is 111. The summed E-state index contributed by atoms with van der Waals surface area (Å²) in [5, 5.41) is 0.157. The second kappa shape index (κ2) is 31.9. The first-order valence-electron chi connectivity index (χ1n) is 33.8. The van der Waals surface area contributed by atoms with E-state index in [0.717, 1.165) is 152 Å². The molecule has 0 saturated heterocycles. The number of fused-ring (bicyclic) bond motifs is 4. The minimum Gasteiger partial charge on any atom is -0.490 e. The van der Waals surface area contributed by atoms with Crippen LogP contribution in [0.5, 0.6) is 17.2 Å². The van der Waals surface area contributed by atoms with Gasteiger partial charge in [0.1, 0.15) is 90.4 Å². The molecule has 3 fully saturated rings. The van der Waals surface area contributed by atoms with E-state index in [1.807, 2.05) is 61.7 Å². The Morgan fingerprint density at radius 2 is 0.818 bits per heavy atom. The number of esters is 2. The number of ether oxygens (including phenoxy) is 9. The molecule has 528 valence electrons. The van der Waals surface area contributed by atoms with Gasteiger partial charge in [-0.1, -0.05) is 0 Å². The third-order valence-electron chi connectivity index (χ3n) is 18.1. The molecule has 20 nitrogen and oxygen atoms in total. The lowest BCUT2D eigenvalue weighted by Gasteiger charge is -2.15. The molecule has 9 heterocycles. The highest BCUT2D eigenvalue weighted by molar-refractivity contribution is 9.10. The van der Waals surface area contributed by atoms with Crippen molar-refractivity contribution in [2.45, 2.75) is 168 Å². The molecule has 15 rings (SSSR count). The van der Waals surface area contributed by atoms with Crippen LogP contribution >= 0.6 is 27.5 Å². The van der Waals surface area contributed by atoms with Gasteiger partial charge >= 0.3 is 11.9 Å². The van der Waals surface area contributed by atoms with E-state index in [9.17, 15) is 27.2 Å². The van der Waals surface area contributed by atoms with Gasteiger partial charge in [0.05, 0.1) is 108 Å². The van der Waals surface area contributed by atoms with E-state index in [0.29, 0.717) is 95.2 Å². The number of rotatable bonds is 16. The minimum absolute atomic E-state index is 0.157. The number of aryl methyl sites for hydroxylation is 5. The Morgan fingerprint density at radius 1 is 0.465 bits per heavy atom. The molecule has 8 aromatic rings. The number of carbonyl (C=O) groups excluding carboxylic acids is 2. The summed E-state index contributed by atoms with van der Waals surface area (Å²) in [6.07, 6.45) is 8.22. The molecule has 0 N–H and O–H groups in total. The first-order valence-corrected chi connectivity index (χ1v) is 35.0. The van der Waals surface area contributed by atoms with Crippen molar-refractivity contribution in [3.63, 3.8) is 0 Å². The Balaban J connectivity index is 0.000000128. The zero-order valence-corrected chi connectivity index (χ0v) is 59.1. The van der Waals surface area contributed by atoms with Gasteiger partial charge < -0.3 is 60.9 Å². The molecule has 0 unspecified atom stereocenters. The van der Waals surface area contributed by atoms with Gasteiger partial charge in [0, 0.05) is 65.0 Å². The lowest BCUT2D eigenvalue weighted by molar-refractivity contribution is 0.0352. The van der Waals surface area contributed by atoms with Crippen molar-refractivity contribution < 1.29 is 69.8 Å². The minimum atomic E-state index is -0.596. The molecule has 7 aliphatic rings. The zero-order chi connectivity index (χ0) is 69.6. The smallest absolute Gasteiger partial charge is 0.358 e. The Bertz CT molecular complexity index is 4190. The summed E-state index contributed by atoms with van der Waals surface area (Å²) in [7, 11) is 2.61. The number of hydrogen-bond donors (Lipinski definition) is 0. The average molecular weight is 1450 g/mol. The molecule has 4 aliphatic heterocycles. The summed E-state index contributed by atoms with van der Waals surface area (Å²) in [6, 6.07) is 22.3. The van der Waals surface area contributed by atoms with Crippen molar-refractivity contribution in [3.8, 4) is 62.7 Å². The molecule has 0 amide bonds. The van der Waals surface area contributed by atoms with E-state index in [1.165, 1.54) is 14.2 Å². The number of aromatic nitrogens is 9. The Morgan fingerprint density at radius 3 is 1.22 bits per heavy atom. The second-order valence-electron chi connectivity index (χ2n) is 25.9. The van der Waals surface area contributed by atoms with Crippen LogP contribution in [0, 0.1) is 34.6 Å². The van der Waals surface area contributed by atoms with Crippen molar-refractivity contribution in [2.75, 3.05) is 67.3 Å². The molecule has 26 heteroatoms. The maximum atomic E-state index is 13.6. The number of alkyl halides is 4. The summed E-state index contributed by atoms with van der Waals surface area (Å²) in [6.45, 7) is 11.1. The SMILES string of the molecule is COC(=O)c1nc(-c2ccc(OC3CC3)c(C)c2)n2c1CCO[C@H](CF)C2.COC(=O)c1nc(Cl)n2c1CCO[C@H](CF)C2.Cc1cc(-c2nc(-c3ccc(OC4CC4)c(C)c3)n3c2CCO[C@H](CF)C3)cc(C)n1.Cc1cc(-c2nc(Br)c3n2C[C@@H](CF)OCC3)ccc1OC1CC1. The standard InChI is InChI=1S/C25H28FN3O2.C20H23FN2O4.C18H20BrFN2O2.C10H12ClFN2O3/c1-15-10-18(4-7-23(15)31-20-5-6-20)25-28-24(19-11-16(2)27-17(3)12-19)22-8-9-30-21(13-26)14-29(22)25;1-12-9-13(3-6-17(12)27-14-4-5-14)19-22-18(20(24)25-2)16-7-8-26-15(10-21)11-23(16)19;1-11-8-12(2-5-16(11)24-13-3-4-13)18-21-17(19)15-6-7-23-14(9-20)10-22(15)18;1-16-9(15)8-7-2-3-17-6(4-12)5-14(7)10(11)13-8/h4,7,10-12,20-21H,5-6,8-9,13-14H2,1-3H3;3,6,9,14-15H,4-5,7-8,10-11H2,1-2H3;2,5,8,13-14H,3-4,6-7,9-10H2,1H3;6H,2-5H2,1H3/t21-;15-;14-;6-/m1111/s1. The first-order chi connectivity index (χ1) is 47.9. The van der Waals surface area contributed by atoms with Crippen LogP contribution in [0.15, 0.2) is 71.3 Å². The van der Waals surface area contributed by atoms with Crippen LogP contribution in [-0.4, -0.2) is 165 Å². The normalized spacial score (nSPS) is 19.4. The van der Waals surface area contributed by atoms with Crippen LogP contribution in [0.2, 0.25) is 5.28 Å². The summed E-state index contributed by atoms with van der Waals surface area (Å²) in [5.74, 6) is 4.02. The van der Waals surface area contributed by atoms with E-state index in [4.69, 9.17) is 54.5 Å². The van der Waals surface area contributed by atoms with E-state index in [1.54, 1.807) is 4.57 Å². The highest BCUT2D eigenvalue weighted by Gasteiger charge is 2.33. The topological polar surface area (TPSA) is 201 Å². The number of carbonyl (C=O) groups is 2. The van der Waals surface area contributed by atoms with Gasteiger partial charge in [0.15, 0.2) is 11.4 Å². The average Bonchev–Trinajstić information content (AvgIpc) is 1.64. The second-order valence-corrected chi connectivity index (χ2v) is 26.9. The van der Waals surface area contributed by atoms with E-state index in [2.05, 4.69) is 93.9 Å². The van der Waals surface area contributed by atoms with Crippen LogP contribution < -0.4 is 14.2 Å². The van der Waals surface area contributed by atoms with Crippen LogP contribution in [0.4, 0.5) is 17.6 Å². The zero-order valence-electron chi connectivity index (χ0n) is 56.7. The quantitative estimate of drug-likeness (QED) is 0.0652. The third kappa shape index (κ3) is 16.9. The van der Waals surface area contributed by atoms with Gasteiger partial charge in [0.25, 0.3) is 0 Å². The lowest BCUT2D eigenvalue weighted by atomic mass is 10.1. The molecule has 0 radical (unpaired) electrons. The number of imidazole rings is 4. The van der Waals surface area contributed by atoms with Crippen molar-refractivity contribution in [1.82, 2.24) is 43.2 Å².